The first-order valence-corrected chi connectivity index (χ1v) is 10.0. The van der Waals surface area contributed by atoms with E-state index in [0.29, 0.717) is 11.8 Å². The largest absolute Gasteiger partial charge is 0.352 e. The molecule has 0 saturated heterocycles. The normalized spacial score (nSPS) is 29.8. The molecule has 1 heterocycles. The van der Waals surface area contributed by atoms with Gasteiger partial charge in [0, 0.05) is 5.71 Å². The lowest BCUT2D eigenvalue weighted by Crippen LogP contribution is -2.46. The zero-order valence-corrected chi connectivity index (χ0v) is 14.9. The van der Waals surface area contributed by atoms with Gasteiger partial charge in [0.2, 0.25) is 0 Å². The standard InChI is InChI=1S/C19H22N4OS/c24-17(10-20-19-21-15-3-1-2-4-16(15)25-19)22-23-18-13-6-11-5-12(8-13)9-14(18)7-11/h1-4,11-14H,5-10H2,(H,20,21)(H,22,24). The molecule has 0 unspecified atom stereocenters. The van der Waals surface area contributed by atoms with E-state index < -0.39 is 0 Å². The van der Waals surface area contributed by atoms with Crippen LogP contribution in [0.15, 0.2) is 29.4 Å². The molecule has 1 aromatic carbocycles. The lowest BCUT2D eigenvalue weighted by atomic mass is 9.55. The SMILES string of the molecule is O=C(CNc1nc2ccccc2s1)NN=C1C2CC3CC(C2)CC1C3. The number of carbonyl (C=O) groups is 1. The molecule has 6 heteroatoms. The summed E-state index contributed by atoms with van der Waals surface area (Å²) in [6.07, 6.45) is 6.56. The Morgan fingerprint density at radius 1 is 1.12 bits per heavy atom. The second kappa shape index (κ2) is 6.09. The summed E-state index contributed by atoms with van der Waals surface area (Å²) in [6, 6.07) is 7.99. The summed E-state index contributed by atoms with van der Waals surface area (Å²) in [7, 11) is 0. The Kier molecular flexibility index (Phi) is 3.73. The Labute approximate surface area is 150 Å². The van der Waals surface area contributed by atoms with Crippen LogP contribution in [0.4, 0.5) is 5.13 Å². The number of hydrogen-bond acceptors (Lipinski definition) is 5. The number of anilines is 1. The van der Waals surface area contributed by atoms with Crippen LogP contribution in [0.3, 0.4) is 0 Å². The summed E-state index contributed by atoms with van der Waals surface area (Å²) in [5.74, 6) is 2.97. The molecule has 0 atom stereocenters. The number of hydrogen-bond donors (Lipinski definition) is 2. The van der Waals surface area contributed by atoms with Crippen LogP contribution in [0.25, 0.3) is 10.2 Å². The molecule has 4 aliphatic rings. The molecule has 4 bridgehead atoms. The van der Waals surface area contributed by atoms with Crippen molar-refractivity contribution in [2.75, 3.05) is 11.9 Å². The highest BCUT2D eigenvalue weighted by molar-refractivity contribution is 7.22. The van der Waals surface area contributed by atoms with E-state index in [1.54, 1.807) is 11.3 Å². The molecule has 1 aromatic heterocycles. The molecule has 4 saturated carbocycles. The maximum absolute atomic E-state index is 12.2. The van der Waals surface area contributed by atoms with Gasteiger partial charge in [-0.25, -0.2) is 10.4 Å². The van der Waals surface area contributed by atoms with Gasteiger partial charge in [0.15, 0.2) is 5.13 Å². The van der Waals surface area contributed by atoms with E-state index in [0.717, 1.165) is 27.2 Å². The highest BCUT2D eigenvalue weighted by atomic mass is 32.1. The van der Waals surface area contributed by atoms with Crippen molar-refractivity contribution in [2.45, 2.75) is 32.1 Å². The van der Waals surface area contributed by atoms with Gasteiger partial charge in [-0.2, -0.15) is 5.10 Å². The van der Waals surface area contributed by atoms with Crippen molar-refractivity contribution in [3.63, 3.8) is 0 Å². The van der Waals surface area contributed by atoms with Crippen molar-refractivity contribution in [1.29, 1.82) is 0 Å². The molecule has 130 valence electrons. The Hall–Kier alpha value is -1.95. The van der Waals surface area contributed by atoms with Crippen molar-refractivity contribution < 1.29 is 4.79 Å². The quantitative estimate of drug-likeness (QED) is 0.824. The number of thiazole rings is 1. The third kappa shape index (κ3) is 2.92. The van der Waals surface area contributed by atoms with Gasteiger partial charge in [0.1, 0.15) is 0 Å². The molecule has 0 radical (unpaired) electrons. The van der Waals surface area contributed by atoms with E-state index >= 15 is 0 Å². The van der Waals surface area contributed by atoms with E-state index in [1.807, 2.05) is 24.3 Å². The first-order valence-electron chi connectivity index (χ1n) is 9.20. The Morgan fingerprint density at radius 3 is 2.56 bits per heavy atom. The number of nitrogens with zero attached hydrogens (tertiary/aromatic N) is 2. The molecule has 4 aliphatic carbocycles. The minimum absolute atomic E-state index is 0.0967. The highest BCUT2D eigenvalue weighted by Crippen LogP contribution is 2.52. The molecule has 0 spiro atoms. The summed E-state index contributed by atoms with van der Waals surface area (Å²) >= 11 is 1.57. The third-order valence-electron chi connectivity index (χ3n) is 5.98. The number of fused-ring (bicyclic) bond motifs is 1. The van der Waals surface area contributed by atoms with Crippen molar-refractivity contribution in [1.82, 2.24) is 10.4 Å². The summed E-state index contributed by atoms with van der Waals surface area (Å²) in [5.41, 5.74) is 5.00. The smallest absolute Gasteiger partial charge is 0.259 e. The van der Waals surface area contributed by atoms with E-state index in [-0.39, 0.29) is 12.5 Å². The van der Waals surface area contributed by atoms with Crippen LogP contribution in [0, 0.1) is 23.7 Å². The molecule has 4 fully saturated rings. The first kappa shape index (κ1) is 15.3. The minimum atomic E-state index is -0.0967. The number of amides is 1. The first-order chi connectivity index (χ1) is 12.2. The van der Waals surface area contributed by atoms with Gasteiger partial charge in [-0.1, -0.05) is 23.5 Å². The van der Waals surface area contributed by atoms with Gasteiger partial charge in [-0.3, -0.25) is 4.79 Å². The number of aromatic nitrogens is 1. The van der Waals surface area contributed by atoms with Gasteiger partial charge in [0.05, 0.1) is 16.8 Å². The maximum atomic E-state index is 12.2. The molecule has 5 nitrogen and oxygen atoms in total. The van der Waals surface area contributed by atoms with Crippen LogP contribution >= 0.6 is 11.3 Å². The van der Waals surface area contributed by atoms with E-state index in [1.165, 1.54) is 37.8 Å². The fourth-order valence-corrected chi connectivity index (χ4v) is 5.98. The highest BCUT2D eigenvalue weighted by Gasteiger charge is 2.46. The van der Waals surface area contributed by atoms with Crippen LogP contribution in [-0.4, -0.2) is 23.1 Å². The molecule has 6 rings (SSSR count). The minimum Gasteiger partial charge on any atom is -0.352 e. The molecule has 2 N–H and O–H groups in total. The molecule has 2 aromatic rings. The van der Waals surface area contributed by atoms with E-state index in [9.17, 15) is 4.79 Å². The number of carbonyl (C=O) groups excluding carboxylic acids is 1. The van der Waals surface area contributed by atoms with Crippen molar-refractivity contribution in [3.05, 3.63) is 24.3 Å². The second-order valence-corrected chi connectivity index (χ2v) is 8.75. The van der Waals surface area contributed by atoms with Crippen LogP contribution in [0.5, 0.6) is 0 Å². The average molecular weight is 354 g/mol. The van der Waals surface area contributed by atoms with E-state index in [4.69, 9.17) is 0 Å². The lowest BCUT2D eigenvalue weighted by molar-refractivity contribution is -0.119. The Morgan fingerprint density at radius 2 is 1.84 bits per heavy atom. The van der Waals surface area contributed by atoms with E-state index in [2.05, 4.69) is 20.8 Å². The molecule has 1 amide bonds. The second-order valence-electron chi connectivity index (χ2n) is 7.72. The third-order valence-corrected chi connectivity index (χ3v) is 6.97. The monoisotopic (exact) mass is 354 g/mol. The average Bonchev–Trinajstić information content (AvgIpc) is 3.02. The van der Waals surface area contributed by atoms with Gasteiger partial charge < -0.3 is 5.32 Å². The molecular weight excluding hydrogens is 332 g/mol. The van der Waals surface area contributed by atoms with Crippen molar-refractivity contribution in [2.24, 2.45) is 28.8 Å². The number of para-hydroxylation sites is 1. The Bertz CT molecular complexity index is 780. The summed E-state index contributed by atoms with van der Waals surface area (Å²) in [4.78, 5) is 16.6. The zero-order valence-electron chi connectivity index (χ0n) is 14.1. The van der Waals surface area contributed by atoms with Gasteiger partial charge in [-0.05, 0) is 67.9 Å². The number of hydrazone groups is 1. The van der Waals surface area contributed by atoms with Crippen LogP contribution in [-0.2, 0) is 4.79 Å². The number of rotatable bonds is 4. The predicted octanol–water partition coefficient (Wildman–Crippen LogP) is 3.64. The Balaban J connectivity index is 1.19. The lowest BCUT2D eigenvalue weighted by Gasteiger charge is -2.50. The fourth-order valence-electron chi connectivity index (χ4n) is 5.12. The molecule has 0 aliphatic heterocycles. The molecular formula is C19H22N4OS. The topological polar surface area (TPSA) is 66.4 Å². The maximum Gasteiger partial charge on any atom is 0.259 e. The van der Waals surface area contributed by atoms with Gasteiger partial charge >= 0.3 is 0 Å². The van der Waals surface area contributed by atoms with Crippen molar-refractivity contribution in [3.8, 4) is 0 Å². The fraction of sp³-hybridized carbons (Fsp3) is 0.526. The molecule has 25 heavy (non-hydrogen) atoms. The van der Waals surface area contributed by atoms with Crippen LogP contribution < -0.4 is 10.7 Å². The number of nitrogens with one attached hydrogen (secondary N) is 2. The van der Waals surface area contributed by atoms with Gasteiger partial charge in [0.25, 0.3) is 5.91 Å². The summed E-state index contributed by atoms with van der Waals surface area (Å²) < 4.78 is 1.12. The van der Waals surface area contributed by atoms with Crippen LogP contribution in [0.2, 0.25) is 0 Å². The zero-order chi connectivity index (χ0) is 16.8. The summed E-state index contributed by atoms with van der Waals surface area (Å²) in [6.45, 7) is 0.206. The van der Waals surface area contributed by atoms with Gasteiger partial charge in [-0.15, -0.1) is 0 Å². The summed E-state index contributed by atoms with van der Waals surface area (Å²) in [5, 5.41) is 8.43. The predicted molar refractivity (Wildman–Crippen MR) is 101 cm³/mol. The van der Waals surface area contributed by atoms with Crippen LogP contribution in [0.1, 0.15) is 32.1 Å². The number of benzene rings is 1. The van der Waals surface area contributed by atoms with Crippen molar-refractivity contribution >= 4 is 38.3 Å².